The zero-order valence-electron chi connectivity index (χ0n) is 8.05. The Hall–Kier alpha value is -1.05. The molecular weight excluding hydrogens is 162 g/mol. The number of hydrogen-bond acceptors (Lipinski definition) is 1. The Bertz CT molecular complexity index is 365. The van der Waals surface area contributed by atoms with Crippen LogP contribution in [0.4, 0.5) is 0 Å². The highest BCUT2D eigenvalue weighted by Crippen LogP contribution is 2.12. The Morgan fingerprint density at radius 2 is 2.31 bits per heavy atom. The van der Waals surface area contributed by atoms with Crippen molar-refractivity contribution in [2.75, 3.05) is 0 Å². The first-order chi connectivity index (χ1) is 6.33. The summed E-state index contributed by atoms with van der Waals surface area (Å²) >= 11 is 0. The molecule has 13 heavy (non-hydrogen) atoms. The summed E-state index contributed by atoms with van der Waals surface area (Å²) in [6.07, 6.45) is 4.17. The molecule has 0 saturated heterocycles. The van der Waals surface area contributed by atoms with Crippen LogP contribution in [0.3, 0.4) is 0 Å². The van der Waals surface area contributed by atoms with E-state index < -0.39 is 0 Å². The van der Waals surface area contributed by atoms with Crippen molar-refractivity contribution in [2.24, 2.45) is 0 Å². The van der Waals surface area contributed by atoms with Crippen LogP contribution in [0.1, 0.15) is 31.0 Å². The molecule has 2 nitrogen and oxygen atoms in total. The minimum Gasteiger partial charge on any atom is -0.312 e. The van der Waals surface area contributed by atoms with E-state index in [4.69, 9.17) is 0 Å². The van der Waals surface area contributed by atoms with Crippen LogP contribution in [0.2, 0.25) is 0 Å². The predicted molar refractivity (Wildman–Crippen MR) is 53.0 cm³/mol. The highest BCUT2D eigenvalue weighted by Gasteiger charge is 2.12. The number of hydrogen-bond donors (Lipinski definition) is 0. The Labute approximate surface area is 78.2 Å². The molecule has 1 aromatic heterocycles. The second-order valence-corrected chi connectivity index (χ2v) is 3.66. The van der Waals surface area contributed by atoms with E-state index in [9.17, 15) is 4.79 Å². The summed E-state index contributed by atoms with van der Waals surface area (Å²) in [6.45, 7) is 3.03. The fourth-order valence-electron chi connectivity index (χ4n) is 2.00. The standard InChI is InChI=1S/C11H15NO/c1-2-4-9-6-7-10-5-3-8-12(10)11(9)13/h6-7H,2-5,8H2,1H3. The molecule has 0 aliphatic carbocycles. The predicted octanol–water partition coefficient (Wildman–Crippen LogP) is 1.75. The molecule has 0 spiro atoms. The summed E-state index contributed by atoms with van der Waals surface area (Å²) in [6, 6.07) is 4.11. The number of aryl methyl sites for hydroxylation is 2. The van der Waals surface area contributed by atoms with Gasteiger partial charge in [-0.3, -0.25) is 4.79 Å². The number of rotatable bonds is 2. The lowest BCUT2D eigenvalue weighted by Gasteiger charge is -2.05. The molecule has 0 saturated carbocycles. The first kappa shape index (κ1) is 8.54. The highest BCUT2D eigenvalue weighted by molar-refractivity contribution is 5.18. The van der Waals surface area contributed by atoms with Gasteiger partial charge in [0.2, 0.25) is 0 Å². The van der Waals surface area contributed by atoms with Crippen LogP contribution in [0, 0.1) is 0 Å². The Morgan fingerprint density at radius 1 is 1.46 bits per heavy atom. The first-order valence-corrected chi connectivity index (χ1v) is 5.04. The second kappa shape index (κ2) is 3.36. The summed E-state index contributed by atoms with van der Waals surface area (Å²) in [5.74, 6) is 0. The van der Waals surface area contributed by atoms with Gasteiger partial charge in [-0.05, 0) is 25.3 Å². The zero-order chi connectivity index (χ0) is 9.26. The van der Waals surface area contributed by atoms with Crippen molar-refractivity contribution in [3.63, 3.8) is 0 Å². The summed E-state index contributed by atoms with van der Waals surface area (Å²) in [5.41, 5.74) is 2.44. The van der Waals surface area contributed by atoms with Crippen molar-refractivity contribution in [2.45, 2.75) is 39.2 Å². The lowest BCUT2D eigenvalue weighted by atomic mass is 10.1. The van der Waals surface area contributed by atoms with E-state index in [1.807, 2.05) is 10.6 Å². The monoisotopic (exact) mass is 177 g/mol. The lowest BCUT2D eigenvalue weighted by molar-refractivity contribution is 0.707. The van der Waals surface area contributed by atoms with E-state index in [1.165, 1.54) is 5.69 Å². The fourth-order valence-corrected chi connectivity index (χ4v) is 2.00. The highest BCUT2D eigenvalue weighted by atomic mass is 16.1. The average Bonchev–Trinajstić information content (AvgIpc) is 2.58. The van der Waals surface area contributed by atoms with Gasteiger partial charge in [-0.2, -0.15) is 0 Å². The van der Waals surface area contributed by atoms with Gasteiger partial charge in [-0.1, -0.05) is 19.4 Å². The third-order valence-electron chi connectivity index (χ3n) is 2.68. The maximum atomic E-state index is 11.8. The molecule has 0 N–H and O–H groups in total. The minimum absolute atomic E-state index is 0.247. The van der Waals surface area contributed by atoms with Crippen LogP contribution in [-0.2, 0) is 19.4 Å². The second-order valence-electron chi connectivity index (χ2n) is 3.66. The lowest BCUT2D eigenvalue weighted by Crippen LogP contribution is -2.22. The fraction of sp³-hybridized carbons (Fsp3) is 0.545. The Morgan fingerprint density at radius 3 is 3.08 bits per heavy atom. The van der Waals surface area contributed by atoms with Gasteiger partial charge in [0.1, 0.15) is 0 Å². The number of nitrogens with zero attached hydrogens (tertiary/aromatic N) is 1. The van der Waals surface area contributed by atoms with Gasteiger partial charge in [0.25, 0.3) is 5.56 Å². The zero-order valence-corrected chi connectivity index (χ0v) is 8.05. The number of aromatic nitrogens is 1. The Balaban J connectivity index is 2.47. The molecule has 0 amide bonds. The van der Waals surface area contributed by atoms with E-state index in [2.05, 4.69) is 13.0 Å². The van der Waals surface area contributed by atoms with Crippen molar-refractivity contribution in [3.8, 4) is 0 Å². The molecule has 0 radical (unpaired) electrons. The van der Waals surface area contributed by atoms with Gasteiger partial charge in [-0.25, -0.2) is 0 Å². The summed E-state index contributed by atoms with van der Waals surface area (Å²) in [4.78, 5) is 11.8. The van der Waals surface area contributed by atoms with Gasteiger partial charge >= 0.3 is 0 Å². The molecule has 1 aromatic rings. The smallest absolute Gasteiger partial charge is 0.253 e. The molecule has 0 aromatic carbocycles. The van der Waals surface area contributed by atoms with Crippen LogP contribution in [0.25, 0.3) is 0 Å². The molecular formula is C11H15NO. The summed E-state index contributed by atoms with van der Waals surface area (Å²) in [7, 11) is 0. The normalized spacial score (nSPS) is 14.5. The molecule has 2 rings (SSSR count). The molecule has 1 aliphatic heterocycles. The quantitative estimate of drug-likeness (QED) is 0.674. The van der Waals surface area contributed by atoms with E-state index >= 15 is 0 Å². The maximum absolute atomic E-state index is 11.8. The van der Waals surface area contributed by atoms with Gasteiger partial charge in [0.05, 0.1) is 0 Å². The van der Waals surface area contributed by atoms with E-state index in [0.717, 1.165) is 37.8 Å². The van der Waals surface area contributed by atoms with Crippen molar-refractivity contribution < 1.29 is 0 Å². The number of pyridine rings is 1. The van der Waals surface area contributed by atoms with Crippen LogP contribution < -0.4 is 5.56 Å². The average molecular weight is 177 g/mol. The molecule has 1 aliphatic rings. The number of fused-ring (bicyclic) bond motifs is 1. The van der Waals surface area contributed by atoms with Gasteiger partial charge in [0.15, 0.2) is 0 Å². The van der Waals surface area contributed by atoms with Gasteiger partial charge in [0, 0.05) is 17.8 Å². The van der Waals surface area contributed by atoms with Crippen LogP contribution >= 0.6 is 0 Å². The van der Waals surface area contributed by atoms with E-state index in [0.29, 0.717) is 0 Å². The maximum Gasteiger partial charge on any atom is 0.253 e. The molecule has 2 heterocycles. The van der Waals surface area contributed by atoms with Crippen molar-refractivity contribution in [1.29, 1.82) is 0 Å². The van der Waals surface area contributed by atoms with Gasteiger partial charge < -0.3 is 4.57 Å². The summed E-state index contributed by atoms with van der Waals surface area (Å²) < 4.78 is 1.94. The third kappa shape index (κ3) is 1.41. The van der Waals surface area contributed by atoms with Crippen molar-refractivity contribution in [3.05, 3.63) is 33.7 Å². The molecule has 0 fully saturated rings. The SMILES string of the molecule is CCCc1ccc2n(c1=O)CCC2. The van der Waals surface area contributed by atoms with Gasteiger partial charge in [-0.15, -0.1) is 0 Å². The van der Waals surface area contributed by atoms with Crippen molar-refractivity contribution in [1.82, 2.24) is 4.57 Å². The molecule has 0 bridgehead atoms. The Kier molecular flexibility index (Phi) is 2.21. The molecule has 2 heteroatoms. The van der Waals surface area contributed by atoms with Crippen LogP contribution in [-0.4, -0.2) is 4.57 Å². The minimum atomic E-state index is 0.247. The largest absolute Gasteiger partial charge is 0.312 e. The van der Waals surface area contributed by atoms with Crippen LogP contribution in [0.15, 0.2) is 16.9 Å². The van der Waals surface area contributed by atoms with E-state index in [-0.39, 0.29) is 5.56 Å². The molecule has 0 atom stereocenters. The first-order valence-electron chi connectivity index (χ1n) is 5.04. The molecule has 70 valence electrons. The van der Waals surface area contributed by atoms with Crippen LogP contribution in [0.5, 0.6) is 0 Å². The van der Waals surface area contributed by atoms with E-state index in [1.54, 1.807) is 0 Å². The topological polar surface area (TPSA) is 22.0 Å². The third-order valence-corrected chi connectivity index (χ3v) is 2.68. The molecule has 0 unspecified atom stereocenters. The van der Waals surface area contributed by atoms with Crippen molar-refractivity contribution >= 4 is 0 Å². The summed E-state index contributed by atoms with van der Waals surface area (Å²) in [5, 5.41) is 0.